The Morgan fingerprint density at radius 1 is 1.62 bits per heavy atom. The van der Waals surface area contributed by atoms with Gasteiger partial charge in [-0.3, -0.25) is 9.59 Å². The van der Waals surface area contributed by atoms with Gasteiger partial charge in [0.1, 0.15) is 0 Å². The van der Waals surface area contributed by atoms with Crippen LogP contribution in [0.15, 0.2) is 0 Å². The fourth-order valence-electron chi connectivity index (χ4n) is 1.65. The minimum Gasteiger partial charge on any atom is -0.481 e. The molecule has 2 atom stereocenters. The molecule has 1 amide bonds. The van der Waals surface area contributed by atoms with Crippen molar-refractivity contribution in [3.05, 3.63) is 0 Å². The van der Waals surface area contributed by atoms with Gasteiger partial charge in [-0.25, -0.2) is 0 Å². The molecule has 16 heavy (non-hydrogen) atoms. The smallest absolute Gasteiger partial charge is 0.305 e. The SMILES string of the molecule is CSC(C)C(=O)N1CCSCC1CC(=O)O. The van der Waals surface area contributed by atoms with Crippen LogP contribution in [-0.2, 0) is 9.59 Å². The first-order valence-electron chi connectivity index (χ1n) is 5.19. The summed E-state index contributed by atoms with van der Waals surface area (Å²) in [5.74, 6) is 0.878. The third-order valence-electron chi connectivity index (χ3n) is 2.62. The number of aliphatic carboxylic acids is 1. The lowest BCUT2D eigenvalue weighted by molar-refractivity contribution is -0.140. The van der Waals surface area contributed by atoms with Gasteiger partial charge >= 0.3 is 5.97 Å². The number of carboxylic acids is 1. The van der Waals surface area contributed by atoms with Gasteiger partial charge in [-0.1, -0.05) is 0 Å². The van der Waals surface area contributed by atoms with Crippen LogP contribution in [-0.4, -0.2) is 57.5 Å². The van der Waals surface area contributed by atoms with E-state index in [1.54, 1.807) is 16.7 Å². The fraction of sp³-hybridized carbons (Fsp3) is 0.800. The highest BCUT2D eigenvalue weighted by atomic mass is 32.2. The molecule has 0 aromatic heterocycles. The Labute approximate surface area is 104 Å². The van der Waals surface area contributed by atoms with E-state index in [2.05, 4.69) is 0 Å². The molecule has 6 heteroatoms. The molecule has 0 aliphatic carbocycles. The van der Waals surface area contributed by atoms with Crippen molar-refractivity contribution in [3.8, 4) is 0 Å². The highest BCUT2D eigenvalue weighted by Crippen LogP contribution is 2.22. The molecule has 0 aromatic carbocycles. The Morgan fingerprint density at radius 2 is 2.31 bits per heavy atom. The second-order valence-electron chi connectivity index (χ2n) is 3.74. The average Bonchev–Trinajstić information content (AvgIpc) is 2.27. The normalized spacial score (nSPS) is 22.9. The number of hydrogen-bond donors (Lipinski definition) is 1. The van der Waals surface area contributed by atoms with Crippen molar-refractivity contribution in [2.75, 3.05) is 24.3 Å². The second-order valence-corrected chi connectivity index (χ2v) is 6.06. The highest BCUT2D eigenvalue weighted by Gasteiger charge is 2.30. The standard InChI is InChI=1S/C10H17NO3S2/c1-7(15-2)10(14)11-3-4-16-6-8(11)5-9(12)13/h7-8H,3-6H2,1-2H3,(H,12,13). The maximum Gasteiger partial charge on any atom is 0.305 e. The molecule has 1 aliphatic heterocycles. The zero-order chi connectivity index (χ0) is 12.1. The van der Waals surface area contributed by atoms with Crippen LogP contribution in [0.4, 0.5) is 0 Å². The summed E-state index contributed by atoms with van der Waals surface area (Å²) in [5, 5.41) is 8.72. The summed E-state index contributed by atoms with van der Waals surface area (Å²) in [4.78, 5) is 24.5. The summed E-state index contributed by atoms with van der Waals surface area (Å²) in [5.41, 5.74) is 0. The van der Waals surface area contributed by atoms with Gasteiger partial charge in [0.05, 0.1) is 17.7 Å². The first kappa shape index (κ1) is 13.7. The van der Waals surface area contributed by atoms with Gasteiger partial charge in [0.25, 0.3) is 0 Å². The van der Waals surface area contributed by atoms with Crippen molar-refractivity contribution in [3.63, 3.8) is 0 Å². The number of rotatable bonds is 4. The molecule has 1 aliphatic rings. The third kappa shape index (κ3) is 3.59. The van der Waals surface area contributed by atoms with E-state index in [1.165, 1.54) is 11.8 Å². The largest absolute Gasteiger partial charge is 0.481 e. The molecule has 1 heterocycles. The van der Waals surface area contributed by atoms with Gasteiger partial charge in [-0.15, -0.1) is 0 Å². The molecular formula is C10H17NO3S2. The van der Waals surface area contributed by atoms with Crippen LogP contribution in [0.5, 0.6) is 0 Å². The summed E-state index contributed by atoms with van der Waals surface area (Å²) in [6.07, 6.45) is 1.95. The lowest BCUT2D eigenvalue weighted by atomic mass is 10.2. The zero-order valence-corrected chi connectivity index (χ0v) is 11.1. The predicted octanol–water partition coefficient (Wildman–Crippen LogP) is 1.16. The van der Waals surface area contributed by atoms with Gasteiger partial charge < -0.3 is 10.0 Å². The predicted molar refractivity (Wildman–Crippen MR) is 68.1 cm³/mol. The molecular weight excluding hydrogens is 246 g/mol. The summed E-state index contributed by atoms with van der Waals surface area (Å²) in [6.45, 7) is 2.54. The zero-order valence-electron chi connectivity index (χ0n) is 9.51. The van der Waals surface area contributed by atoms with Gasteiger partial charge in [-0.2, -0.15) is 23.5 Å². The van der Waals surface area contributed by atoms with Crippen molar-refractivity contribution in [2.24, 2.45) is 0 Å². The van der Waals surface area contributed by atoms with Crippen molar-refractivity contribution in [1.29, 1.82) is 0 Å². The number of hydrogen-bond acceptors (Lipinski definition) is 4. The Bertz CT molecular complexity index is 273. The Balaban J connectivity index is 2.65. The maximum atomic E-state index is 12.0. The Morgan fingerprint density at radius 3 is 2.88 bits per heavy atom. The Kier molecular flexibility index (Phi) is 5.48. The van der Waals surface area contributed by atoms with E-state index in [1.807, 2.05) is 13.2 Å². The van der Waals surface area contributed by atoms with Crippen molar-refractivity contribution < 1.29 is 14.7 Å². The third-order valence-corrected chi connectivity index (χ3v) is 4.62. The first-order valence-corrected chi connectivity index (χ1v) is 7.63. The number of carbonyl (C=O) groups excluding carboxylic acids is 1. The number of amides is 1. The van der Waals surface area contributed by atoms with E-state index in [4.69, 9.17) is 5.11 Å². The molecule has 4 nitrogen and oxygen atoms in total. The van der Waals surface area contributed by atoms with Gasteiger partial charge in [0, 0.05) is 18.1 Å². The summed E-state index contributed by atoms with van der Waals surface area (Å²) in [6, 6.07) is -0.140. The van der Waals surface area contributed by atoms with Crippen molar-refractivity contribution >= 4 is 35.4 Å². The van der Waals surface area contributed by atoms with Crippen molar-refractivity contribution in [1.82, 2.24) is 4.90 Å². The van der Waals surface area contributed by atoms with E-state index in [9.17, 15) is 9.59 Å². The maximum absolute atomic E-state index is 12.0. The summed E-state index contributed by atoms with van der Waals surface area (Å²) >= 11 is 3.22. The lowest BCUT2D eigenvalue weighted by Crippen LogP contribution is -2.49. The molecule has 0 spiro atoms. The van der Waals surface area contributed by atoms with E-state index < -0.39 is 5.97 Å². The van der Waals surface area contributed by atoms with Crippen LogP contribution in [0.25, 0.3) is 0 Å². The Hall–Kier alpha value is -0.360. The van der Waals surface area contributed by atoms with Crippen LogP contribution in [0.3, 0.4) is 0 Å². The molecule has 2 unspecified atom stereocenters. The highest BCUT2D eigenvalue weighted by molar-refractivity contribution is 8.00. The molecule has 92 valence electrons. The minimum absolute atomic E-state index is 0.0554. The van der Waals surface area contributed by atoms with Crippen LogP contribution in [0.2, 0.25) is 0 Å². The molecule has 0 saturated carbocycles. The number of nitrogens with zero attached hydrogens (tertiary/aromatic N) is 1. The van der Waals surface area contributed by atoms with E-state index in [0.29, 0.717) is 6.54 Å². The van der Waals surface area contributed by atoms with Crippen molar-refractivity contribution in [2.45, 2.75) is 24.6 Å². The topological polar surface area (TPSA) is 57.6 Å². The van der Waals surface area contributed by atoms with E-state index >= 15 is 0 Å². The second kappa shape index (κ2) is 6.39. The van der Waals surface area contributed by atoms with E-state index in [0.717, 1.165) is 11.5 Å². The number of thioether (sulfide) groups is 2. The van der Waals surface area contributed by atoms with Crippen LogP contribution >= 0.6 is 23.5 Å². The van der Waals surface area contributed by atoms with Crippen LogP contribution in [0, 0.1) is 0 Å². The molecule has 1 rings (SSSR count). The average molecular weight is 263 g/mol. The van der Waals surface area contributed by atoms with Crippen LogP contribution < -0.4 is 0 Å². The number of carboxylic acid groups (broad SMARTS) is 1. The molecule has 0 radical (unpaired) electrons. The number of carbonyl (C=O) groups is 2. The first-order chi connectivity index (χ1) is 7.56. The molecule has 0 aromatic rings. The molecule has 1 fully saturated rings. The molecule has 0 bridgehead atoms. The van der Waals surface area contributed by atoms with E-state index in [-0.39, 0.29) is 23.6 Å². The quantitative estimate of drug-likeness (QED) is 0.825. The fourth-order valence-corrected chi connectivity index (χ4v) is 3.05. The van der Waals surface area contributed by atoms with Gasteiger partial charge in [0.2, 0.25) is 5.91 Å². The summed E-state index contributed by atoms with van der Waals surface area (Å²) < 4.78 is 0. The van der Waals surface area contributed by atoms with Gasteiger partial charge in [-0.05, 0) is 13.2 Å². The monoisotopic (exact) mass is 263 g/mol. The minimum atomic E-state index is -0.831. The van der Waals surface area contributed by atoms with Crippen LogP contribution in [0.1, 0.15) is 13.3 Å². The molecule has 1 N–H and O–H groups in total. The lowest BCUT2D eigenvalue weighted by Gasteiger charge is -2.36. The summed E-state index contributed by atoms with van der Waals surface area (Å²) in [7, 11) is 0. The van der Waals surface area contributed by atoms with Gasteiger partial charge in [0.15, 0.2) is 0 Å². The molecule has 1 saturated heterocycles.